The minimum Gasteiger partial charge on any atom is -0.457 e. The number of ether oxygens (including phenoxy) is 3. The lowest BCUT2D eigenvalue weighted by molar-refractivity contribution is 0.418. The van der Waals surface area contributed by atoms with Crippen molar-refractivity contribution in [3.63, 3.8) is 0 Å². The maximum absolute atomic E-state index is 7.30. The molecule has 0 aromatic heterocycles. The SMILES string of the molecule is CC(C)(C)c1ccc(-c2cc(C(C)(C)C)ccc2N2c3cc4c(cc3B3c5cc6c(cc5N(c5ccc(C(C)(C)C)cc5-c5ccc(C(C)(C)C)cc5)c5cc(-c7ccc8c(c7)C(C)(C)c7ccccc7O8)cc2c53)Oc2ccccc2C6(C)C)C(C)(C)c2ccccc2O4)cc1. The van der Waals surface area contributed by atoms with Gasteiger partial charge in [-0.1, -0.05) is 258 Å². The van der Waals surface area contributed by atoms with Crippen LogP contribution in [0.25, 0.3) is 33.4 Å². The summed E-state index contributed by atoms with van der Waals surface area (Å²) in [6.45, 7) is 41.7. The molecule has 484 valence electrons. The highest BCUT2D eigenvalue weighted by Gasteiger charge is 2.49. The van der Waals surface area contributed by atoms with E-state index in [1.54, 1.807) is 0 Å². The summed E-state index contributed by atoms with van der Waals surface area (Å²) < 4.78 is 21.4. The van der Waals surface area contributed by atoms with Crippen molar-refractivity contribution in [2.45, 2.75) is 163 Å². The smallest absolute Gasteiger partial charge is 0.252 e. The first-order valence-corrected chi connectivity index (χ1v) is 35.0. The van der Waals surface area contributed by atoms with E-state index in [0.717, 1.165) is 119 Å². The zero-order valence-electron chi connectivity index (χ0n) is 59.9. The molecule has 5 aliphatic rings. The molecule has 0 saturated heterocycles. The van der Waals surface area contributed by atoms with Gasteiger partial charge >= 0.3 is 0 Å². The fourth-order valence-corrected chi connectivity index (χ4v) is 16.3. The number of hydrogen-bond acceptors (Lipinski definition) is 5. The summed E-state index contributed by atoms with van der Waals surface area (Å²) in [6, 6.07) is 81.0. The lowest BCUT2D eigenvalue weighted by Gasteiger charge is -2.47. The van der Waals surface area contributed by atoms with Crippen LogP contribution in [-0.2, 0) is 37.9 Å². The van der Waals surface area contributed by atoms with Gasteiger partial charge in [0.25, 0.3) is 6.71 Å². The standard InChI is InChI=1S/C91H89BN2O3/c1-85(2,3)58-36-31-54(32-37-58)62-48-60(87(7,8)9)40-42-72(62)93-74-52-82-68(90(15,16)65-26-20-23-29-79(65)96-82)50-70(74)92-71-51-69-83(97-80-30-24-21-27-66(80)91(69,17)18)53-75(71)94(73-43-41-61(88(10,11)12)49-63(73)55-33-38-59(39-34-55)86(4,5)6)77-47-57(46-76(93)84(77)92)56-35-44-81-67(45-56)89(13,14)64-25-19-22-28-78(64)95-81/h19-53H,1-18H3. The zero-order chi connectivity index (χ0) is 68.0. The number of rotatable bonds is 5. The van der Waals surface area contributed by atoms with Crippen molar-refractivity contribution in [2.75, 3.05) is 9.80 Å². The molecular weight excluding hydrogens is 1180 g/mol. The molecule has 6 heteroatoms. The number of fused-ring (bicyclic) bond motifs is 10. The summed E-state index contributed by atoms with van der Waals surface area (Å²) in [5, 5.41) is 0. The van der Waals surface area contributed by atoms with Crippen molar-refractivity contribution in [1.82, 2.24) is 0 Å². The number of benzene rings is 11. The van der Waals surface area contributed by atoms with Crippen LogP contribution < -0.4 is 40.4 Å². The molecule has 0 saturated carbocycles. The Morgan fingerprint density at radius 1 is 0.268 bits per heavy atom. The van der Waals surface area contributed by atoms with Gasteiger partial charge in [-0.3, -0.25) is 0 Å². The molecular formula is C91H89BN2O3. The summed E-state index contributed by atoms with van der Waals surface area (Å²) in [6.07, 6.45) is 0. The Labute approximate surface area is 576 Å². The van der Waals surface area contributed by atoms with Gasteiger partial charge in [0.2, 0.25) is 0 Å². The number of hydrogen-bond donors (Lipinski definition) is 0. The highest BCUT2D eigenvalue weighted by molar-refractivity contribution is 7.00. The topological polar surface area (TPSA) is 34.2 Å². The predicted molar refractivity (Wildman–Crippen MR) is 408 cm³/mol. The van der Waals surface area contributed by atoms with E-state index in [1.807, 2.05) is 0 Å². The fraction of sp³-hybridized carbons (Fsp3) is 0.275. The van der Waals surface area contributed by atoms with Gasteiger partial charge in [0.05, 0.1) is 11.4 Å². The average Bonchev–Trinajstić information content (AvgIpc) is 0.682. The molecule has 11 aromatic rings. The Morgan fingerprint density at radius 3 is 0.979 bits per heavy atom. The average molecular weight is 1270 g/mol. The van der Waals surface area contributed by atoms with Crippen molar-refractivity contribution in [3.8, 4) is 67.9 Å². The van der Waals surface area contributed by atoms with E-state index < -0.39 is 10.8 Å². The largest absolute Gasteiger partial charge is 0.457 e. The van der Waals surface area contributed by atoms with Crippen LogP contribution in [0.2, 0.25) is 0 Å². The Balaban J connectivity index is 1.07. The molecule has 0 spiro atoms. The molecule has 0 fully saturated rings. The monoisotopic (exact) mass is 1270 g/mol. The number of anilines is 6. The maximum atomic E-state index is 7.30. The van der Waals surface area contributed by atoms with Gasteiger partial charge in [0.1, 0.15) is 34.5 Å². The number of para-hydroxylation sites is 3. The van der Waals surface area contributed by atoms with Crippen molar-refractivity contribution in [2.24, 2.45) is 0 Å². The second-order valence-corrected chi connectivity index (χ2v) is 33.8. The van der Waals surface area contributed by atoms with Crippen LogP contribution in [0, 0.1) is 0 Å². The van der Waals surface area contributed by atoms with Gasteiger partial charge in [-0.15, -0.1) is 0 Å². The van der Waals surface area contributed by atoms with Crippen LogP contribution in [0.15, 0.2) is 212 Å². The van der Waals surface area contributed by atoms with Gasteiger partial charge in [-0.2, -0.15) is 0 Å². The first-order chi connectivity index (χ1) is 45.8. The van der Waals surface area contributed by atoms with Crippen molar-refractivity contribution >= 4 is 57.2 Å². The molecule has 0 unspecified atom stereocenters. The highest BCUT2D eigenvalue weighted by Crippen LogP contribution is 2.58. The summed E-state index contributed by atoms with van der Waals surface area (Å²) in [5.41, 5.74) is 27.6. The van der Waals surface area contributed by atoms with Gasteiger partial charge < -0.3 is 24.0 Å². The molecule has 16 rings (SSSR count). The molecule has 11 aromatic carbocycles. The molecule has 0 amide bonds. The molecule has 5 nitrogen and oxygen atoms in total. The minimum absolute atomic E-state index is 0.0310. The molecule has 5 aliphatic heterocycles. The van der Waals surface area contributed by atoms with E-state index in [2.05, 4.69) is 347 Å². The Bertz CT molecular complexity index is 4830. The van der Waals surface area contributed by atoms with E-state index in [0.29, 0.717) is 0 Å². The van der Waals surface area contributed by atoms with E-state index in [1.165, 1.54) is 55.3 Å². The Hall–Kier alpha value is -9.52. The van der Waals surface area contributed by atoms with Crippen LogP contribution in [0.3, 0.4) is 0 Å². The third-order valence-electron chi connectivity index (χ3n) is 22.3. The first kappa shape index (κ1) is 62.3. The lowest BCUT2D eigenvalue weighted by Crippen LogP contribution is -2.62. The fourth-order valence-electron chi connectivity index (χ4n) is 16.3. The highest BCUT2D eigenvalue weighted by atomic mass is 16.5. The number of nitrogens with zero attached hydrogens (tertiary/aromatic N) is 2. The Kier molecular flexibility index (Phi) is 13.6. The van der Waals surface area contributed by atoms with Crippen molar-refractivity contribution in [3.05, 3.63) is 268 Å². The molecule has 0 aliphatic carbocycles. The van der Waals surface area contributed by atoms with Gasteiger partial charge in [-0.05, 0) is 149 Å². The zero-order valence-corrected chi connectivity index (χ0v) is 59.9. The van der Waals surface area contributed by atoms with Crippen LogP contribution in [0.4, 0.5) is 34.1 Å². The molecule has 0 bridgehead atoms. The van der Waals surface area contributed by atoms with Crippen LogP contribution in [0.5, 0.6) is 34.5 Å². The minimum atomic E-state index is -0.416. The summed E-state index contributed by atoms with van der Waals surface area (Å²) in [5.74, 6) is 5.28. The second-order valence-electron chi connectivity index (χ2n) is 33.8. The molecule has 0 N–H and O–H groups in total. The van der Waals surface area contributed by atoms with Gasteiger partial charge in [-0.25, -0.2) is 0 Å². The predicted octanol–water partition coefficient (Wildman–Crippen LogP) is 23.3. The lowest BCUT2D eigenvalue weighted by atomic mass is 9.33. The normalized spacial score (nSPS) is 15.8. The summed E-state index contributed by atoms with van der Waals surface area (Å²) >= 11 is 0. The van der Waals surface area contributed by atoms with E-state index in [9.17, 15) is 0 Å². The van der Waals surface area contributed by atoms with Crippen LogP contribution >= 0.6 is 0 Å². The van der Waals surface area contributed by atoms with Gasteiger partial charge in [0.15, 0.2) is 0 Å². The maximum Gasteiger partial charge on any atom is 0.252 e. The van der Waals surface area contributed by atoms with Gasteiger partial charge in [0, 0.05) is 95.6 Å². The van der Waals surface area contributed by atoms with Crippen molar-refractivity contribution in [1.29, 1.82) is 0 Å². The first-order valence-electron chi connectivity index (χ1n) is 35.0. The third kappa shape index (κ3) is 9.84. The van der Waals surface area contributed by atoms with Crippen LogP contribution in [0.1, 0.15) is 180 Å². The Morgan fingerprint density at radius 2 is 0.598 bits per heavy atom. The third-order valence-corrected chi connectivity index (χ3v) is 22.3. The van der Waals surface area contributed by atoms with Crippen molar-refractivity contribution < 1.29 is 14.2 Å². The quantitative estimate of drug-likeness (QED) is 0.160. The van der Waals surface area contributed by atoms with E-state index >= 15 is 0 Å². The molecule has 97 heavy (non-hydrogen) atoms. The second kappa shape index (κ2) is 21.2. The van der Waals surface area contributed by atoms with E-state index in [4.69, 9.17) is 14.2 Å². The molecule has 0 atom stereocenters. The van der Waals surface area contributed by atoms with E-state index in [-0.39, 0.29) is 33.8 Å². The van der Waals surface area contributed by atoms with Crippen LogP contribution in [-0.4, -0.2) is 6.71 Å². The summed E-state index contributed by atoms with van der Waals surface area (Å²) in [4.78, 5) is 5.26. The molecule has 0 radical (unpaired) electrons. The summed E-state index contributed by atoms with van der Waals surface area (Å²) in [7, 11) is 0. The molecule has 5 heterocycles.